The second-order valence-electron chi connectivity index (χ2n) is 11.8. The lowest BCUT2D eigenvalue weighted by molar-refractivity contribution is 0.0682. The van der Waals surface area contributed by atoms with E-state index in [4.69, 9.17) is 0 Å². The van der Waals surface area contributed by atoms with Crippen LogP contribution in [0.1, 0.15) is 70.3 Å². The maximum Gasteiger partial charge on any atom is 0.339 e. The van der Waals surface area contributed by atoms with Crippen molar-refractivity contribution >= 4 is 44.5 Å². The fraction of sp³-hybridized carbons (Fsp3) is 0.231. The molecule has 10 nitrogen and oxygen atoms in total. The zero-order valence-corrected chi connectivity index (χ0v) is 27.4. The molecule has 0 spiro atoms. The predicted octanol–water partition coefficient (Wildman–Crippen LogP) is 7.18. The van der Waals surface area contributed by atoms with Gasteiger partial charge in [0.15, 0.2) is 0 Å². The SMILES string of the molecule is CCCN(CCC)CC(O)c1cnc2ccccc2n1.O=C(O)c1cc2ccccc2c(Cc2c(O)c(C(=O)O)cc3ccccc23)c1O. The monoisotopic (exact) mass is 661 g/mol. The van der Waals surface area contributed by atoms with Crippen LogP contribution in [0.25, 0.3) is 32.6 Å². The van der Waals surface area contributed by atoms with Gasteiger partial charge in [-0.1, -0.05) is 74.5 Å². The van der Waals surface area contributed by atoms with E-state index in [1.54, 1.807) is 54.7 Å². The third-order valence-corrected chi connectivity index (χ3v) is 8.39. The van der Waals surface area contributed by atoms with Crippen LogP contribution in [0.5, 0.6) is 11.5 Å². The number of fused-ring (bicyclic) bond motifs is 3. The van der Waals surface area contributed by atoms with Gasteiger partial charge in [0, 0.05) is 24.1 Å². The van der Waals surface area contributed by atoms with Gasteiger partial charge in [-0.05, 0) is 71.7 Å². The lowest BCUT2D eigenvalue weighted by Crippen LogP contribution is -2.30. The number of aromatic hydroxyl groups is 2. The summed E-state index contributed by atoms with van der Waals surface area (Å²) in [5, 5.41) is 53.2. The van der Waals surface area contributed by atoms with E-state index < -0.39 is 29.5 Å². The van der Waals surface area contributed by atoms with Crippen molar-refractivity contribution in [1.29, 1.82) is 0 Å². The number of carbonyl (C=O) groups is 2. The Balaban J connectivity index is 0.000000205. The Morgan fingerprint density at radius 1 is 0.714 bits per heavy atom. The van der Waals surface area contributed by atoms with Gasteiger partial charge in [0.05, 0.1) is 22.9 Å². The zero-order valence-electron chi connectivity index (χ0n) is 27.4. The summed E-state index contributed by atoms with van der Waals surface area (Å²) in [5.41, 5.74) is 2.46. The molecule has 6 rings (SSSR count). The van der Waals surface area contributed by atoms with Crippen molar-refractivity contribution in [2.24, 2.45) is 0 Å². The van der Waals surface area contributed by atoms with Gasteiger partial charge in [-0.15, -0.1) is 0 Å². The quantitative estimate of drug-likeness (QED) is 0.0961. The Labute approximate surface area is 283 Å². The first-order chi connectivity index (χ1) is 23.6. The first kappa shape index (κ1) is 34.7. The first-order valence-electron chi connectivity index (χ1n) is 16.2. The molecule has 1 heterocycles. The Morgan fingerprint density at radius 2 is 1.18 bits per heavy atom. The van der Waals surface area contributed by atoms with E-state index >= 15 is 0 Å². The number of carboxylic acid groups (broad SMARTS) is 2. The van der Waals surface area contributed by atoms with Gasteiger partial charge in [0.25, 0.3) is 0 Å². The van der Waals surface area contributed by atoms with Crippen LogP contribution in [0.2, 0.25) is 0 Å². The van der Waals surface area contributed by atoms with Crippen LogP contribution in [0.15, 0.2) is 91.1 Å². The summed E-state index contributed by atoms with van der Waals surface area (Å²) in [6.45, 7) is 6.95. The Kier molecular flexibility index (Phi) is 11.0. The van der Waals surface area contributed by atoms with E-state index in [2.05, 4.69) is 28.7 Å². The number of hydrogen-bond donors (Lipinski definition) is 5. The normalized spacial score (nSPS) is 11.8. The van der Waals surface area contributed by atoms with E-state index in [1.165, 1.54) is 12.1 Å². The second kappa shape index (κ2) is 15.5. The fourth-order valence-corrected chi connectivity index (χ4v) is 6.08. The maximum atomic E-state index is 11.6. The maximum absolute atomic E-state index is 11.6. The molecule has 0 saturated heterocycles. The minimum absolute atomic E-state index is 0.0407. The largest absolute Gasteiger partial charge is 0.507 e. The average Bonchev–Trinajstić information content (AvgIpc) is 3.10. The van der Waals surface area contributed by atoms with Gasteiger partial charge in [0.2, 0.25) is 0 Å². The molecule has 0 aliphatic heterocycles. The molecular formula is C39H39N3O7. The summed E-state index contributed by atoms with van der Waals surface area (Å²) in [6.07, 6.45) is 3.25. The lowest BCUT2D eigenvalue weighted by atomic mass is 9.90. The molecule has 5 aromatic carbocycles. The van der Waals surface area contributed by atoms with Crippen molar-refractivity contribution < 1.29 is 35.1 Å². The number of carboxylic acids is 2. The molecule has 0 aliphatic rings. The Bertz CT molecular complexity index is 2030. The fourth-order valence-electron chi connectivity index (χ4n) is 6.08. The van der Waals surface area contributed by atoms with E-state index in [9.17, 15) is 35.1 Å². The molecule has 0 fully saturated rings. The first-order valence-corrected chi connectivity index (χ1v) is 16.2. The molecule has 1 unspecified atom stereocenters. The molecule has 5 N–H and O–H groups in total. The van der Waals surface area contributed by atoms with Crippen LogP contribution in [0.4, 0.5) is 0 Å². The molecule has 0 saturated carbocycles. The average molecular weight is 662 g/mol. The Morgan fingerprint density at radius 3 is 1.67 bits per heavy atom. The molecule has 0 bridgehead atoms. The van der Waals surface area contributed by atoms with Crippen LogP contribution < -0.4 is 0 Å². The third-order valence-electron chi connectivity index (χ3n) is 8.39. The lowest BCUT2D eigenvalue weighted by Gasteiger charge is -2.23. The molecule has 252 valence electrons. The molecule has 10 heteroatoms. The van der Waals surface area contributed by atoms with Crippen LogP contribution in [0.3, 0.4) is 0 Å². The minimum atomic E-state index is -1.28. The van der Waals surface area contributed by atoms with E-state index in [1.807, 2.05) is 24.3 Å². The van der Waals surface area contributed by atoms with E-state index in [-0.39, 0.29) is 17.5 Å². The predicted molar refractivity (Wildman–Crippen MR) is 189 cm³/mol. The highest BCUT2D eigenvalue weighted by Crippen LogP contribution is 2.38. The topological polar surface area (TPSA) is 164 Å². The van der Waals surface area contributed by atoms with Gasteiger partial charge in [0.1, 0.15) is 28.7 Å². The Hall–Kier alpha value is -5.58. The number of hydrogen-bond acceptors (Lipinski definition) is 8. The molecule has 1 aromatic heterocycles. The standard InChI is InChI=1S/C23H16O6.C16H23N3O/c24-20-16(14-7-3-1-5-12(14)9-18(20)22(26)27)11-17-15-8-4-2-6-13(15)10-19(21(17)25)23(28)29;1-3-9-19(10-4-2)12-16(20)15-11-17-13-7-5-6-8-14(13)18-15/h1-10,24-25H,11H2,(H,26,27)(H,28,29);5-8,11,16,20H,3-4,9-10,12H2,1-2H3. The smallest absolute Gasteiger partial charge is 0.339 e. The summed E-state index contributed by atoms with van der Waals surface area (Å²) >= 11 is 0. The number of para-hydroxylation sites is 2. The van der Waals surface area contributed by atoms with Crippen LogP contribution >= 0.6 is 0 Å². The molecule has 1 atom stereocenters. The van der Waals surface area contributed by atoms with E-state index in [0.717, 1.165) is 37.0 Å². The number of nitrogens with zero attached hydrogens (tertiary/aromatic N) is 3. The highest BCUT2D eigenvalue weighted by Gasteiger charge is 2.22. The highest BCUT2D eigenvalue weighted by atomic mass is 16.4. The number of aliphatic hydroxyl groups is 1. The molecule has 0 aliphatic carbocycles. The number of aliphatic hydroxyl groups excluding tert-OH is 1. The van der Waals surface area contributed by atoms with Crippen molar-refractivity contribution in [2.75, 3.05) is 19.6 Å². The third kappa shape index (κ3) is 7.77. The zero-order chi connectivity index (χ0) is 35.1. The summed E-state index contributed by atoms with van der Waals surface area (Å²) in [7, 11) is 0. The van der Waals surface area contributed by atoms with Crippen LogP contribution in [-0.4, -0.2) is 72.0 Å². The van der Waals surface area contributed by atoms with Gasteiger partial charge in [-0.2, -0.15) is 0 Å². The van der Waals surface area contributed by atoms with Gasteiger partial charge < -0.3 is 30.4 Å². The van der Waals surface area contributed by atoms with E-state index in [0.29, 0.717) is 44.9 Å². The molecule has 0 amide bonds. The van der Waals surface area contributed by atoms with Crippen molar-refractivity contribution in [3.8, 4) is 11.5 Å². The van der Waals surface area contributed by atoms with Crippen molar-refractivity contribution in [3.05, 3.63) is 119 Å². The van der Waals surface area contributed by atoms with Gasteiger partial charge in [-0.3, -0.25) is 4.98 Å². The number of phenols is 2. The van der Waals surface area contributed by atoms with Gasteiger partial charge >= 0.3 is 11.9 Å². The number of rotatable bonds is 11. The summed E-state index contributed by atoms with van der Waals surface area (Å²) in [6, 6.07) is 24.5. The van der Waals surface area contributed by atoms with Crippen molar-refractivity contribution in [2.45, 2.75) is 39.2 Å². The summed E-state index contributed by atoms with van der Waals surface area (Å²) in [5.74, 6) is -3.36. The van der Waals surface area contributed by atoms with Gasteiger partial charge in [-0.25, -0.2) is 14.6 Å². The molecular weight excluding hydrogens is 622 g/mol. The molecule has 6 aromatic rings. The van der Waals surface area contributed by atoms with Crippen molar-refractivity contribution in [1.82, 2.24) is 14.9 Å². The second-order valence-corrected chi connectivity index (χ2v) is 11.8. The number of aromatic carboxylic acids is 2. The molecule has 0 radical (unpaired) electrons. The highest BCUT2D eigenvalue weighted by molar-refractivity contribution is 6.02. The van der Waals surface area contributed by atoms with Crippen molar-refractivity contribution in [3.63, 3.8) is 0 Å². The summed E-state index contributed by atoms with van der Waals surface area (Å²) in [4.78, 5) is 34.4. The van der Waals surface area contributed by atoms with Crippen LogP contribution in [-0.2, 0) is 6.42 Å². The number of aromatic nitrogens is 2. The number of benzene rings is 5. The minimum Gasteiger partial charge on any atom is -0.507 e. The summed E-state index contributed by atoms with van der Waals surface area (Å²) < 4.78 is 0. The van der Waals surface area contributed by atoms with Crippen LogP contribution in [0, 0.1) is 0 Å². The molecule has 49 heavy (non-hydrogen) atoms.